The highest BCUT2D eigenvalue weighted by molar-refractivity contribution is 7.92. The van der Waals surface area contributed by atoms with Crippen LogP contribution in [0.25, 0.3) is 0 Å². The van der Waals surface area contributed by atoms with Crippen molar-refractivity contribution < 1.29 is 22.7 Å². The fraction of sp³-hybridized carbons (Fsp3) is 0.409. The van der Waals surface area contributed by atoms with Crippen LogP contribution in [-0.4, -0.2) is 53.1 Å². The monoisotopic (exact) mass is 432 g/mol. The van der Waals surface area contributed by atoms with E-state index in [-0.39, 0.29) is 23.0 Å². The predicted molar refractivity (Wildman–Crippen MR) is 115 cm³/mol. The van der Waals surface area contributed by atoms with Gasteiger partial charge < -0.3 is 14.4 Å². The molecule has 0 spiro atoms. The van der Waals surface area contributed by atoms with E-state index < -0.39 is 10.0 Å². The van der Waals surface area contributed by atoms with E-state index in [0.29, 0.717) is 30.5 Å². The molecule has 1 atom stereocenters. The van der Waals surface area contributed by atoms with E-state index in [9.17, 15) is 13.2 Å². The van der Waals surface area contributed by atoms with Crippen LogP contribution in [0.2, 0.25) is 0 Å². The summed E-state index contributed by atoms with van der Waals surface area (Å²) in [5.41, 5.74) is 0.263. The molecule has 0 aromatic heterocycles. The van der Waals surface area contributed by atoms with Crippen LogP contribution in [0.5, 0.6) is 11.5 Å². The van der Waals surface area contributed by atoms with Crippen LogP contribution in [-0.2, 0) is 14.8 Å². The molecule has 162 valence electrons. The number of piperidine rings is 1. The second-order valence-corrected chi connectivity index (χ2v) is 9.31. The minimum Gasteiger partial charge on any atom is -0.497 e. The number of hydrogen-bond acceptors (Lipinski definition) is 5. The van der Waals surface area contributed by atoms with Gasteiger partial charge in [-0.05, 0) is 43.0 Å². The zero-order valence-electron chi connectivity index (χ0n) is 17.6. The first kappa shape index (κ1) is 22.0. The zero-order chi connectivity index (χ0) is 21.7. The van der Waals surface area contributed by atoms with Crippen LogP contribution < -0.4 is 13.8 Å². The number of likely N-dealkylation sites (tertiary alicyclic amines) is 1. The molecule has 30 heavy (non-hydrogen) atoms. The quantitative estimate of drug-likeness (QED) is 0.672. The van der Waals surface area contributed by atoms with Crippen LogP contribution >= 0.6 is 0 Å². The maximum absolute atomic E-state index is 13.5. The van der Waals surface area contributed by atoms with Gasteiger partial charge in [0.1, 0.15) is 18.0 Å². The molecule has 2 aromatic rings. The Bertz CT molecular complexity index is 978. The number of carbonyl (C=O) groups excluding carboxylic acids is 1. The van der Waals surface area contributed by atoms with E-state index >= 15 is 0 Å². The van der Waals surface area contributed by atoms with Crippen molar-refractivity contribution in [2.75, 3.05) is 38.2 Å². The summed E-state index contributed by atoms with van der Waals surface area (Å²) >= 11 is 0. The highest BCUT2D eigenvalue weighted by Gasteiger charge is 2.32. The molecule has 1 saturated heterocycles. The van der Waals surface area contributed by atoms with Crippen molar-refractivity contribution in [1.29, 1.82) is 0 Å². The van der Waals surface area contributed by atoms with Crippen LogP contribution in [0, 0.1) is 5.92 Å². The Hall–Kier alpha value is -2.74. The summed E-state index contributed by atoms with van der Waals surface area (Å²) < 4.78 is 38.9. The van der Waals surface area contributed by atoms with Crippen molar-refractivity contribution >= 4 is 21.6 Å². The molecule has 1 aliphatic heterocycles. The van der Waals surface area contributed by atoms with Gasteiger partial charge in [-0.2, -0.15) is 0 Å². The Morgan fingerprint density at radius 1 is 1.13 bits per heavy atom. The van der Waals surface area contributed by atoms with E-state index in [0.717, 1.165) is 17.1 Å². The van der Waals surface area contributed by atoms with Gasteiger partial charge in [-0.3, -0.25) is 9.10 Å². The molecule has 3 rings (SSSR count). The Morgan fingerprint density at radius 3 is 2.50 bits per heavy atom. The molecule has 0 radical (unpaired) electrons. The summed E-state index contributed by atoms with van der Waals surface area (Å²) in [5, 5.41) is 0. The standard InChI is InChI=1S/C22H28N2O5S/c1-17-8-7-13-23(15-17)22(25)16-24(30(26,27)19-9-5-4-6-10-19)20-14-18(28-2)11-12-21(20)29-3/h4-6,9-12,14,17H,7-8,13,15-16H2,1-3H3/t17-/m1/s1. The molecule has 0 N–H and O–H groups in total. The van der Waals surface area contributed by atoms with Crippen LogP contribution in [0.1, 0.15) is 19.8 Å². The molecule has 0 aliphatic carbocycles. The smallest absolute Gasteiger partial charge is 0.264 e. The maximum atomic E-state index is 13.5. The Labute approximate surface area is 178 Å². The molecule has 0 bridgehead atoms. The minimum absolute atomic E-state index is 0.106. The molecule has 7 nitrogen and oxygen atoms in total. The second-order valence-electron chi connectivity index (χ2n) is 7.45. The van der Waals surface area contributed by atoms with Gasteiger partial charge in [0.05, 0.1) is 24.8 Å². The average Bonchev–Trinajstić information content (AvgIpc) is 2.77. The summed E-state index contributed by atoms with van der Waals surface area (Å²) in [4.78, 5) is 15.0. The Morgan fingerprint density at radius 2 is 1.87 bits per heavy atom. The fourth-order valence-corrected chi connectivity index (χ4v) is 5.09. The van der Waals surface area contributed by atoms with Crippen molar-refractivity contribution in [3.05, 3.63) is 48.5 Å². The summed E-state index contributed by atoms with van der Waals surface area (Å²) in [6.07, 6.45) is 1.99. The molecular formula is C22H28N2O5S. The van der Waals surface area contributed by atoms with Crippen molar-refractivity contribution in [3.8, 4) is 11.5 Å². The Balaban J connectivity index is 2.05. The first-order valence-electron chi connectivity index (χ1n) is 9.94. The van der Waals surface area contributed by atoms with Gasteiger partial charge in [0.15, 0.2) is 0 Å². The first-order chi connectivity index (χ1) is 14.4. The van der Waals surface area contributed by atoms with E-state index in [1.54, 1.807) is 41.3 Å². The van der Waals surface area contributed by atoms with Gasteiger partial charge in [0.25, 0.3) is 10.0 Å². The number of benzene rings is 2. The number of methoxy groups -OCH3 is 2. The van der Waals surface area contributed by atoms with Gasteiger partial charge in [0.2, 0.25) is 5.91 Å². The van der Waals surface area contributed by atoms with Crippen molar-refractivity contribution in [2.45, 2.75) is 24.7 Å². The third-order valence-corrected chi connectivity index (χ3v) is 7.05. The van der Waals surface area contributed by atoms with E-state index in [2.05, 4.69) is 6.92 Å². The number of carbonyl (C=O) groups is 1. The van der Waals surface area contributed by atoms with Gasteiger partial charge in [0, 0.05) is 19.2 Å². The lowest BCUT2D eigenvalue weighted by Gasteiger charge is -2.33. The summed E-state index contributed by atoms with van der Waals surface area (Å²) in [7, 11) is -1.04. The largest absolute Gasteiger partial charge is 0.497 e. The molecule has 8 heteroatoms. The molecule has 2 aromatic carbocycles. The second kappa shape index (κ2) is 9.38. The molecule has 0 saturated carbocycles. The van der Waals surface area contributed by atoms with Gasteiger partial charge in [-0.15, -0.1) is 0 Å². The summed E-state index contributed by atoms with van der Waals surface area (Å²) in [6.45, 7) is 3.06. The zero-order valence-corrected chi connectivity index (χ0v) is 18.4. The molecule has 1 aliphatic rings. The van der Waals surface area contributed by atoms with Gasteiger partial charge in [-0.25, -0.2) is 8.42 Å². The highest BCUT2D eigenvalue weighted by atomic mass is 32.2. The lowest BCUT2D eigenvalue weighted by Crippen LogP contribution is -2.46. The summed E-state index contributed by atoms with van der Waals surface area (Å²) in [5.74, 6) is 0.979. The van der Waals surface area contributed by atoms with Gasteiger partial charge in [-0.1, -0.05) is 25.1 Å². The number of hydrogen-bond donors (Lipinski definition) is 0. The van der Waals surface area contributed by atoms with Crippen molar-refractivity contribution in [2.24, 2.45) is 5.92 Å². The van der Waals surface area contributed by atoms with E-state index in [4.69, 9.17) is 9.47 Å². The normalized spacial score (nSPS) is 16.8. The molecule has 1 amide bonds. The number of rotatable bonds is 7. The van der Waals surface area contributed by atoms with E-state index in [1.165, 1.54) is 26.4 Å². The highest BCUT2D eigenvalue weighted by Crippen LogP contribution is 2.35. The van der Waals surface area contributed by atoms with Crippen LogP contribution in [0.15, 0.2) is 53.4 Å². The number of nitrogens with zero attached hydrogens (tertiary/aromatic N) is 2. The van der Waals surface area contributed by atoms with Gasteiger partial charge >= 0.3 is 0 Å². The molecular weight excluding hydrogens is 404 g/mol. The lowest BCUT2D eigenvalue weighted by atomic mass is 10.0. The van der Waals surface area contributed by atoms with Crippen LogP contribution in [0.4, 0.5) is 5.69 Å². The summed E-state index contributed by atoms with van der Waals surface area (Å²) in [6, 6.07) is 13.0. The third-order valence-electron chi connectivity index (χ3n) is 5.27. The molecule has 1 heterocycles. The first-order valence-corrected chi connectivity index (χ1v) is 11.4. The fourth-order valence-electron chi connectivity index (χ4n) is 3.65. The van der Waals surface area contributed by atoms with Crippen molar-refractivity contribution in [1.82, 2.24) is 4.90 Å². The molecule has 0 unspecified atom stereocenters. The Kier molecular flexibility index (Phi) is 6.87. The number of ether oxygens (including phenoxy) is 2. The number of amides is 1. The average molecular weight is 433 g/mol. The third kappa shape index (κ3) is 4.70. The lowest BCUT2D eigenvalue weighted by molar-refractivity contribution is -0.131. The molecule has 1 fully saturated rings. The number of sulfonamides is 1. The predicted octanol–water partition coefficient (Wildman–Crippen LogP) is 3.16. The van der Waals surface area contributed by atoms with E-state index in [1.807, 2.05) is 0 Å². The number of anilines is 1. The maximum Gasteiger partial charge on any atom is 0.264 e. The topological polar surface area (TPSA) is 76.2 Å². The van der Waals surface area contributed by atoms with Crippen molar-refractivity contribution in [3.63, 3.8) is 0 Å². The SMILES string of the molecule is COc1ccc(OC)c(N(CC(=O)N2CCC[C@@H](C)C2)S(=O)(=O)c2ccccc2)c1. The minimum atomic E-state index is -4.01. The van der Waals surface area contributed by atoms with Crippen LogP contribution in [0.3, 0.4) is 0 Å².